The summed E-state index contributed by atoms with van der Waals surface area (Å²) in [6.45, 7) is 2.32. The van der Waals surface area contributed by atoms with Crippen molar-refractivity contribution in [2.75, 3.05) is 7.05 Å². The van der Waals surface area contributed by atoms with Crippen LogP contribution in [0.25, 0.3) is 0 Å². The fraction of sp³-hybridized carbons (Fsp3) is 0.500. The second-order valence-electron chi connectivity index (χ2n) is 3.51. The highest BCUT2D eigenvalue weighted by atomic mass is 79.9. The summed E-state index contributed by atoms with van der Waals surface area (Å²) in [7, 11) is 1.77. The molecule has 0 aliphatic heterocycles. The SMILES string of the molecule is CCC(C(=O)O)N(C)Cc1cc(Br)c(Br)o1. The van der Waals surface area contributed by atoms with Gasteiger partial charge in [-0.3, -0.25) is 9.69 Å². The molecule has 1 rings (SSSR count). The van der Waals surface area contributed by atoms with Crippen molar-refractivity contribution in [3.63, 3.8) is 0 Å². The van der Waals surface area contributed by atoms with E-state index in [4.69, 9.17) is 9.52 Å². The number of hydrogen-bond acceptors (Lipinski definition) is 3. The van der Waals surface area contributed by atoms with E-state index in [1.54, 1.807) is 11.9 Å². The molecule has 0 aliphatic carbocycles. The first-order valence-electron chi connectivity index (χ1n) is 4.82. The number of carboxylic acids is 1. The summed E-state index contributed by atoms with van der Waals surface area (Å²) in [6.07, 6.45) is 0.564. The minimum atomic E-state index is -0.810. The van der Waals surface area contributed by atoms with Crippen molar-refractivity contribution in [2.45, 2.75) is 25.9 Å². The molecule has 16 heavy (non-hydrogen) atoms. The molecule has 1 unspecified atom stereocenters. The van der Waals surface area contributed by atoms with Gasteiger partial charge in [0.15, 0.2) is 4.67 Å². The molecular weight excluding hydrogens is 342 g/mol. The maximum atomic E-state index is 10.9. The van der Waals surface area contributed by atoms with Gasteiger partial charge in [0, 0.05) is 0 Å². The number of aliphatic carboxylic acids is 1. The van der Waals surface area contributed by atoms with E-state index in [1.807, 2.05) is 13.0 Å². The zero-order valence-corrected chi connectivity index (χ0v) is 12.2. The molecule has 1 aromatic heterocycles. The molecule has 0 saturated carbocycles. The van der Waals surface area contributed by atoms with Crippen LogP contribution in [0.2, 0.25) is 0 Å². The van der Waals surface area contributed by atoms with E-state index < -0.39 is 12.0 Å². The molecule has 0 amide bonds. The Morgan fingerprint density at radius 1 is 1.62 bits per heavy atom. The van der Waals surface area contributed by atoms with Gasteiger partial charge in [-0.25, -0.2) is 0 Å². The van der Waals surface area contributed by atoms with Crippen LogP contribution in [0.3, 0.4) is 0 Å². The average molecular weight is 355 g/mol. The highest BCUT2D eigenvalue weighted by molar-refractivity contribution is 9.13. The molecule has 0 saturated heterocycles. The number of carboxylic acid groups (broad SMARTS) is 1. The number of nitrogens with zero attached hydrogens (tertiary/aromatic N) is 1. The van der Waals surface area contributed by atoms with Crippen LogP contribution in [-0.2, 0) is 11.3 Å². The van der Waals surface area contributed by atoms with Gasteiger partial charge in [-0.1, -0.05) is 6.92 Å². The Balaban J connectivity index is 2.69. The highest BCUT2D eigenvalue weighted by Crippen LogP contribution is 2.27. The van der Waals surface area contributed by atoms with E-state index in [9.17, 15) is 4.79 Å². The van der Waals surface area contributed by atoms with Crippen molar-refractivity contribution in [2.24, 2.45) is 0 Å². The predicted molar refractivity (Wildman–Crippen MR) is 67.3 cm³/mol. The Bertz CT molecular complexity index is 359. The Morgan fingerprint density at radius 3 is 2.62 bits per heavy atom. The Morgan fingerprint density at radius 2 is 2.25 bits per heavy atom. The topological polar surface area (TPSA) is 53.7 Å². The van der Waals surface area contributed by atoms with Gasteiger partial charge in [-0.05, 0) is 51.4 Å². The van der Waals surface area contributed by atoms with Crippen LogP contribution in [0.1, 0.15) is 19.1 Å². The summed E-state index contributed by atoms with van der Waals surface area (Å²) in [5.41, 5.74) is 0. The molecule has 0 bridgehead atoms. The van der Waals surface area contributed by atoms with Crippen LogP contribution in [0.15, 0.2) is 19.6 Å². The molecule has 0 aromatic carbocycles. The monoisotopic (exact) mass is 353 g/mol. The normalized spacial score (nSPS) is 13.1. The minimum absolute atomic E-state index is 0.467. The Hall–Kier alpha value is -0.330. The minimum Gasteiger partial charge on any atom is -0.480 e. The molecule has 0 spiro atoms. The molecule has 1 atom stereocenters. The molecule has 1 aromatic rings. The summed E-state index contributed by atoms with van der Waals surface area (Å²) in [5, 5.41) is 8.99. The summed E-state index contributed by atoms with van der Waals surface area (Å²) in [4.78, 5) is 12.7. The average Bonchev–Trinajstić information content (AvgIpc) is 2.45. The number of furan rings is 1. The van der Waals surface area contributed by atoms with E-state index in [-0.39, 0.29) is 0 Å². The molecule has 0 fully saturated rings. The number of halogens is 2. The Labute approximate surface area is 111 Å². The standard InChI is InChI=1S/C10H13Br2NO3/c1-3-8(10(14)15)13(2)5-6-4-7(11)9(12)16-6/h4,8H,3,5H2,1-2H3,(H,14,15). The predicted octanol–water partition coefficient (Wildman–Crippen LogP) is 3.10. The molecular formula is C10H13Br2NO3. The first-order chi connectivity index (χ1) is 7.45. The maximum Gasteiger partial charge on any atom is 0.320 e. The molecule has 90 valence electrons. The molecule has 0 aliphatic rings. The van der Waals surface area contributed by atoms with Crippen molar-refractivity contribution in [3.8, 4) is 0 Å². The summed E-state index contributed by atoms with van der Waals surface area (Å²) < 4.78 is 6.85. The van der Waals surface area contributed by atoms with Crippen LogP contribution in [0.5, 0.6) is 0 Å². The van der Waals surface area contributed by atoms with Crippen LogP contribution >= 0.6 is 31.9 Å². The third-order valence-electron chi connectivity index (χ3n) is 2.31. The largest absolute Gasteiger partial charge is 0.480 e. The molecule has 1 heterocycles. The molecule has 6 heteroatoms. The Kier molecular flexibility index (Phi) is 5.01. The fourth-order valence-corrected chi connectivity index (χ4v) is 2.16. The number of rotatable bonds is 5. The quantitative estimate of drug-likeness (QED) is 0.882. The lowest BCUT2D eigenvalue weighted by molar-refractivity contribution is -0.143. The summed E-state index contributed by atoms with van der Waals surface area (Å²) in [5.74, 6) is -0.0874. The van der Waals surface area contributed by atoms with Gasteiger partial charge < -0.3 is 9.52 Å². The molecule has 0 radical (unpaired) electrons. The lowest BCUT2D eigenvalue weighted by Gasteiger charge is -2.22. The maximum absolute atomic E-state index is 10.9. The van der Waals surface area contributed by atoms with Gasteiger partial charge in [0.05, 0.1) is 11.0 Å². The second-order valence-corrected chi connectivity index (χ2v) is 5.09. The number of likely N-dealkylation sites (N-methyl/N-ethyl adjacent to an activating group) is 1. The van der Waals surface area contributed by atoms with E-state index in [0.717, 1.165) is 10.2 Å². The van der Waals surface area contributed by atoms with Crippen LogP contribution in [0, 0.1) is 0 Å². The number of hydrogen-bond donors (Lipinski definition) is 1. The van der Waals surface area contributed by atoms with Crippen LogP contribution in [0.4, 0.5) is 0 Å². The lowest BCUT2D eigenvalue weighted by Crippen LogP contribution is -2.37. The van der Waals surface area contributed by atoms with Gasteiger partial charge in [-0.15, -0.1) is 0 Å². The zero-order chi connectivity index (χ0) is 12.3. The van der Waals surface area contributed by atoms with Gasteiger partial charge in [0.1, 0.15) is 11.8 Å². The van der Waals surface area contributed by atoms with Crippen molar-refractivity contribution in [3.05, 3.63) is 21.0 Å². The van der Waals surface area contributed by atoms with E-state index >= 15 is 0 Å². The van der Waals surface area contributed by atoms with E-state index in [0.29, 0.717) is 17.6 Å². The van der Waals surface area contributed by atoms with Gasteiger partial charge in [0.2, 0.25) is 0 Å². The fourth-order valence-electron chi connectivity index (χ4n) is 1.50. The van der Waals surface area contributed by atoms with Crippen LogP contribution < -0.4 is 0 Å². The van der Waals surface area contributed by atoms with E-state index in [1.165, 1.54) is 0 Å². The first kappa shape index (κ1) is 13.7. The second kappa shape index (κ2) is 5.84. The van der Waals surface area contributed by atoms with Crippen molar-refractivity contribution in [1.29, 1.82) is 0 Å². The third kappa shape index (κ3) is 3.33. The lowest BCUT2D eigenvalue weighted by atomic mass is 10.2. The van der Waals surface area contributed by atoms with Crippen molar-refractivity contribution < 1.29 is 14.3 Å². The zero-order valence-electron chi connectivity index (χ0n) is 9.04. The van der Waals surface area contributed by atoms with E-state index in [2.05, 4.69) is 31.9 Å². The third-order valence-corrected chi connectivity index (χ3v) is 4.02. The van der Waals surface area contributed by atoms with Gasteiger partial charge >= 0.3 is 5.97 Å². The highest BCUT2D eigenvalue weighted by Gasteiger charge is 2.21. The van der Waals surface area contributed by atoms with Crippen molar-refractivity contribution in [1.82, 2.24) is 4.90 Å². The molecule has 1 N–H and O–H groups in total. The summed E-state index contributed by atoms with van der Waals surface area (Å²) in [6, 6.07) is 1.34. The van der Waals surface area contributed by atoms with Crippen molar-refractivity contribution >= 4 is 37.8 Å². The summed E-state index contributed by atoms with van der Waals surface area (Å²) >= 11 is 6.55. The van der Waals surface area contributed by atoms with Crippen LogP contribution in [-0.4, -0.2) is 29.1 Å². The smallest absolute Gasteiger partial charge is 0.320 e. The van der Waals surface area contributed by atoms with Gasteiger partial charge in [0.25, 0.3) is 0 Å². The number of carbonyl (C=O) groups is 1. The molecule has 4 nitrogen and oxygen atoms in total. The van der Waals surface area contributed by atoms with Gasteiger partial charge in [-0.2, -0.15) is 0 Å². The first-order valence-corrected chi connectivity index (χ1v) is 6.41.